The zero-order valence-corrected chi connectivity index (χ0v) is 17.3. The van der Waals surface area contributed by atoms with Crippen LogP contribution in [0.25, 0.3) is 11.2 Å². The highest BCUT2D eigenvalue weighted by atomic mass is 16.5. The van der Waals surface area contributed by atoms with Gasteiger partial charge in [0.25, 0.3) is 5.91 Å². The summed E-state index contributed by atoms with van der Waals surface area (Å²) in [6.07, 6.45) is 1.56. The topological polar surface area (TPSA) is 86.4 Å². The Hall–Kier alpha value is -3.09. The van der Waals surface area contributed by atoms with Crippen molar-refractivity contribution >= 4 is 17.1 Å². The first-order valence-corrected chi connectivity index (χ1v) is 9.17. The molecule has 0 aliphatic carbocycles. The van der Waals surface area contributed by atoms with Crippen LogP contribution in [0.1, 0.15) is 46.5 Å². The molecule has 7 heteroatoms. The van der Waals surface area contributed by atoms with E-state index in [2.05, 4.69) is 10.3 Å². The molecule has 0 atom stereocenters. The zero-order chi connectivity index (χ0) is 20.7. The van der Waals surface area contributed by atoms with E-state index in [4.69, 9.17) is 9.15 Å². The van der Waals surface area contributed by atoms with Crippen molar-refractivity contribution in [3.63, 3.8) is 0 Å². The lowest BCUT2D eigenvalue weighted by atomic mass is 9.92. The molecule has 0 spiro atoms. The minimum absolute atomic E-state index is 0.0238. The van der Waals surface area contributed by atoms with Gasteiger partial charge in [-0.15, -0.1) is 0 Å². The van der Waals surface area contributed by atoms with Crippen molar-refractivity contribution in [3.05, 3.63) is 50.6 Å². The second-order valence-corrected chi connectivity index (χ2v) is 7.32. The number of nitrogens with zero attached hydrogens (tertiary/aromatic N) is 2. The molecule has 0 aliphatic rings. The van der Waals surface area contributed by atoms with E-state index in [1.54, 1.807) is 19.3 Å². The van der Waals surface area contributed by atoms with Crippen molar-refractivity contribution in [1.29, 1.82) is 0 Å². The summed E-state index contributed by atoms with van der Waals surface area (Å²) in [5.74, 6) is 0.316. The molecule has 0 saturated heterocycles. The molecule has 3 rings (SSSR count). The second-order valence-electron chi connectivity index (χ2n) is 7.32. The molecule has 0 fully saturated rings. The number of rotatable bonds is 4. The molecule has 28 heavy (non-hydrogen) atoms. The van der Waals surface area contributed by atoms with Gasteiger partial charge in [-0.2, -0.15) is 0 Å². The normalized spacial score (nSPS) is 11.3. The van der Waals surface area contributed by atoms with Gasteiger partial charge in [0.1, 0.15) is 5.75 Å². The molecule has 1 amide bonds. The second kappa shape index (κ2) is 7.14. The average Bonchev–Trinajstić information content (AvgIpc) is 2.92. The van der Waals surface area contributed by atoms with Crippen LogP contribution in [0.15, 0.2) is 21.5 Å². The predicted octanol–water partition coefficient (Wildman–Crippen LogP) is 3.69. The van der Waals surface area contributed by atoms with Gasteiger partial charge in [0, 0.05) is 36.5 Å². The number of fused-ring (bicyclic) bond motifs is 1. The number of aryl methyl sites for hydroxylation is 1. The van der Waals surface area contributed by atoms with E-state index in [-0.39, 0.29) is 17.5 Å². The van der Waals surface area contributed by atoms with Crippen LogP contribution in [0.2, 0.25) is 0 Å². The summed E-state index contributed by atoms with van der Waals surface area (Å²) in [7, 11) is 1.59. The Morgan fingerprint density at radius 3 is 2.46 bits per heavy atom. The van der Waals surface area contributed by atoms with Gasteiger partial charge < -0.3 is 14.5 Å². The third-order valence-electron chi connectivity index (χ3n) is 5.05. The van der Waals surface area contributed by atoms with E-state index in [1.165, 1.54) is 4.57 Å². The van der Waals surface area contributed by atoms with Gasteiger partial charge >= 0.3 is 5.76 Å². The molecule has 2 heterocycles. The molecule has 0 aliphatic heterocycles. The number of carbonyl (C=O) groups is 1. The van der Waals surface area contributed by atoms with Gasteiger partial charge in [0.05, 0.1) is 0 Å². The third kappa shape index (κ3) is 3.17. The number of nitrogens with one attached hydrogen (secondary N) is 1. The Kier molecular flexibility index (Phi) is 5.02. The lowest BCUT2D eigenvalue weighted by Gasteiger charge is -2.21. The molecule has 0 bridgehead atoms. The molecular formula is C21H25N3O4. The zero-order valence-electron chi connectivity index (χ0n) is 17.3. The van der Waals surface area contributed by atoms with Crippen LogP contribution in [0, 0.1) is 27.7 Å². The van der Waals surface area contributed by atoms with Crippen LogP contribution in [-0.4, -0.2) is 21.5 Å². The molecule has 3 aromatic rings. The maximum Gasteiger partial charge on any atom is 0.421 e. The first-order valence-electron chi connectivity index (χ1n) is 9.17. The fraction of sp³-hybridized carbons (Fsp3) is 0.381. The SMILES string of the molecule is Cc1c(C)c(Oc2ccnc3c2oc(=O)n3C)c(C)c(C(=O)NC(C)C)c1C. The minimum atomic E-state index is -0.510. The van der Waals surface area contributed by atoms with Gasteiger partial charge in [-0.05, 0) is 58.2 Å². The highest BCUT2D eigenvalue weighted by Crippen LogP contribution is 2.37. The van der Waals surface area contributed by atoms with Crippen molar-refractivity contribution in [2.45, 2.75) is 47.6 Å². The van der Waals surface area contributed by atoms with Crippen LogP contribution < -0.4 is 15.8 Å². The smallest absolute Gasteiger partial charge is 0.421 e. The van der Waals surface area contributed by atoms with E-state index >= 15 is 0 Å². The van der Waals surface area contributed by atoms with Crippen molar-refractivity contribution in [2.24, 2.45) is 7.05 Å². The molecule has 0 saturated carbocycles. The van der Waals surface area contributed by atoms with Gasteiger partial charge in [-0.3, -0.25) is 9.36 Å². The van der Waals surface area contributed by atoms with Crippen LogP contribution in [0.5, 0.6) is 11.5 Å². The molecule has 2 aromatic heterocycles. The van der Waals surface area contributed by atoms with E-state index in [9.17, 15) is 9.59 Å². The number of hydrogen-bond acceptors (Lipinski definition) is 5. The van der Waals surface area contributed by atoms with Crippen LogP contribution >= 0.6 is 0 Å². The van der Waals surface area contributed by atoms with E-state index in [1.807, 2.05) is 41.5 Å². The fourth-order valence-corrected chi connectivity index (χ4v) is 3.33. The number of pyridine rings is 1. The quantitative estimate of drug-likeness (QED) is 0.742. The van der Waals surface area contributed by atoms with Crippen molar-refractivity contribution < 1.29 is 13.9 Å². The monoisotopic (exact) mass is 383 g/mol. The maximum atomic E-state index is 12.8. The number of amides is 1. The number of oxazole rings is 1. The van der Waals surface area contributed by atoms with Crippen LogP contribution in [0.4, 0.5) is 0 Å². The molecule has 0 unspecified atom stereocenters. The molecule has 1 N–H and O–H groups in total. The Morgan fingerprint density at radius 1 is 1.14 bits per heavy atom. The highest BCUT2D eigenvalue weighted by molar-refractivity contribution is 5.98. The van der Waals surface area contributed by atoms with Crippen LogP contribution in [-0.2, 0) is 7.05 Å². The van der Waals surface area contributed by atoms with Gasteiger partial charge in [-0.25, -0.2) is 9.78 Å². The van der Waals surface area contributed by atoms with Gasteiger partial charge in [0.15, 0.2) is 11.4 Å². The summed E-state index contributed by atoms with van der Waals surface area (Å²) < 4.78 is 12.8. The fourth-order valence-electron chi connectivity index (χ4n) is 3.33. The predicted molar refractivity (Wildman–Crippen MR) is 107 cm³/mol. The van der Waals surface area contributed by atoms with E-state index < -0.39 is 5.76 Å². The summed E-state index contributed by atoms with van der Waals surface area (Å²) in [6, 6.07) is 1.67. The van der Waals surface area contributed by atoms with Gasteiger partial charge in [-0.1, -0.05) is 0 Å². The number of aromatic nitrogens is 2. The first-order chi connectivity index (χ1) is 13.1. The van der Waals surface area contributed by atoms with Crippen molar-refractivity contribution in [1.82, 2.24) is 14.9 Å². The third-order valence-corrected chi connectivity index (χ3v) is 5.05. The number of carbonyl (C=O) groups excluding carboxylic acids is 1. The van der Waals surface area contributed by atoms with Gasteiger partial charge in [0.2, 0.25) is 5.58 Å². The summed E-state index contributed by atoms with van der Waals surface area (Å²) >= 11 is 0. The molecule has 0 radical (unpaired) electrons. The van der Waals surface area contributed by atoms with Crippen molar-refractivity contribution in [3.8, 4) is 11.5 Å². The molecule has 148 valence electrons. The highest BCUT2D eigenvalue weighted by Gasteiger charge is 2.23. The van der Waals surface area contributed by atoms with Crippen LogP contribution in [0.3, 0.4) is 0 Å². The van der Waals surface area contributed by atoms with E-state index in [0.717, 1.165) is 22.3 Å². The van der Waals surface area contributed by atoms with Crippen molar-refractivity contribution in [2.75, 3.05) is 0 Å². The first kappa shape index (κ1) is 19.7. The Balaban J connectivity index is 2.18. The summed E-state index contributed by atoms with van der Waals surface area (Å²) in [6.45, 7) is 11.6. The lowest BCUT2D eigenvalue weighted by Crippen LogP contribution is -2.31. The number of benzene rings is 1. The summed E-state index contributed by atoms with van der Waals surface area (Å²) in [4.78, 5) is 28.8. The molecule has 7 nitrogen and oxygen atoms in total. The number of hydrogen-bond donors (Lipinski definition) is 1. The Bertz CT molecular complexity index is 1140. The molecular weight excluding hydrogens is 358 g/mol. The largest absolute Gasteiger partial charge is 0.453 e. The maximum absolute atomic E-state index is 12.8. The van der Waals surface area contributed by atoms with E-state index in [0.29, 0.717) is 22.7 Å². The Morgan fingerprint density at radius 2 is 1.82 bits per heavy atom. The molecule has 1 aromatic carbocycles. The average molecular weight is 383 g/mol. The summed E-state index contributed by atoms with van der Waals surface area (Å²) in [5.41, 5.74) is 4.86. The Labute approximate surface area is 163 Å². The number of ether oxygens (including phenoxy) is 1. The summed E-state index contributed by atoms with van der Waals surface area (Å²) in [5, 5.41) is 2.95. The standard InChI is InChI=1S/C21H25N3O4/c1-10(2)23-20(25)16-12(4)11(3)13(5)17(14(16)6)27-15-8-9-22-19-18(15)28-21(26)24(19)7/h8-10H,1-7H3,(H,23,25). The minimum Gasteiger partial charge on any atom is -0.453 e. The lowest BCUT2D eigenvalue weighted by molar-refractivity contribution is 0.0941.